The zero-order valence-corrected chi connectivity index (χ0v) is 27.3. The van der Waals surface area contributed by atoms with E-state index in [1.165, 1.54) is 17.2 Å². The van der Waals surface area contributed by atoms with Crippen LogP contribution in [0.15, 0.2) is 36.8 Å². The minimum Gasteiger partial charge on any atom is -0.479 e. The molecule has 1 aliphatic rings. The minimum atomic E-state index is -2.18. The van der Waals surface area contributed by atoms with Crippen LogP contribution in [-0.2, 0) is 4.43 Å². The number of nitrogens with zero attached hydrogens (tertiary/aromatic N) is 7. The fourth-order valence-electron chi connectivity index (χ4n) is 4.98. The Balaban J connectivity index is 1.51. The summed E-state index contributed by atoms with van der Waals surface area (Å²) < 4.78 is 30.1. The number of aromatic nitrogens is 6. The molecule has 4 aromatic heterocycles. The van der Waals surface area contributed by atoms with Crippen LogP contribution in [-0.4, -0.2) is 84.9 Å². The van der Waals surface area contributed by atoms with Crippen molar-refractivity contribution in [2.45, 2.75) is 70.5 Å². The smallest absolute Gasteiger partial charge is 0.407 e. The molecule has 0 aromatic carbocycles. The molecule has 0 saturated carbocycles. The summed E-state index contributed by atoms with van der Waals surface area (Å²) >= 11 is 6.56. The van der Waals surface area contributed by atoms with E-state index in [-0.39, 0.29) is 24.7 Å². The fourth-order valence-corrected chi connectivity index (χ4v) is 6.20. The van der Waals surface area contributed by atoms with Crippen molar-refractivity contribution in [1.29, 1.82) is 0 Å². The molecule has 236 valence electrons. The second-order valence-electron chi connectivity index (χ2n) is 12.6. The van der Waals surface area contributed by atoms with Gasteiger partial charge in [0.2, 0.25) is 0 Å². The SMILES string of the molecule is Cc1c(-c2cc(OC(CO[Si](C)(C)C(C)(C)C)c3ccc(F)cn3)c3c(Cl)cnn3c2)nnn1[C@@H]1CCN(C(=O)O)C[C@@H]1O. The molecule has 15 heteroatoms. The van der Waals surface area contributed by atoms with E-state index in [1.54, 1.807) is 27.5 Å². The average molecular weight is 646 g/mol. The Morgan fingerprint density at radius 2 is 2.02 bits per heavy atom. The maximum absolute atomic E-state index is 13.8. The van der Waals surface area contributed by atoms with Gasteiger partial charge in [0.05, 0.1) is 54.1 Å². The van der Waals surface area contributed by atoms with Crippen LogP contribution < -0.4 is 4.74 Å². The normalized spacial score (nSPS) is 18.5. The maximum Gasteiger partial charge on any atom is 0.407 e. The van der Waals surface area contributed by atoms with Crippen molar-refractivity contribution < 1.29 is 28.6 Å². The Morgan fingerprint density at radius 3 is 2.66 bits per heavy atom. The molecule has 0 aliphatic carbocycles. The standard InChI is InChI=1S/C29H37ClFN7O5Si/c1-17-26(34-35-38(17)22-9-10-36(28(40)41)15-23(22)39)18-11-24(27-20(30)13-33-37(27)14-18)43-25(21-8-7-19(31)12-32-21)16-42-44(5,6)29(2,3)4/h7-8,11-14,22-23,25,39H,9-10,15-16H2,1-6H3,(H,40,41)/t22-,23+,25?/m1/s1. The predicted octanol–water partition coefficient (Wildman–Crippen LogP) is 5.52. The van der Waals surface area contributed by atoms with Gasteiger partial charge < -0.3 is 24.3 Å². The molecule has 0 spiro atoms. The maximum atomic E-state index is 13.8. The van der Waals surface area contributed by atoms with Gasteiger partial charge in [-0.3, -0.25) is 4.98 Å². The van der Waals surface area contributed by atoms with E-state index in [2.05, 4.69) is 54.3 Å². The molecule has 4 aromatic rings. The number of hydrogen-bond donors (Lipinski definition) is 2. The van der Waals surface area contributed by atoms with E-state index in [0.29, 0.717) is 45.4 Å². The second-order valence-corrected chi connectivity index (χ2v) is 17.8. The van der Waals surface area contributed by atoms with Crippen molar-refractivity contribution in [3.63, 3.8) is 0 Å². The van der Waals surface area contributed by atoms with E-state index in [4.69, 9.17) is 20.8 Å². The van der Waals surface area contributed by atoms with Crippen molar-refractivity contribution >= 4 is 31.5 Å². The average Bonchev–Trinajstić information content (AvgIpc) is 3.52. The zero-order valence-electron chi connectivity index (χ0n) is 25.5. The first-order valence-corrected chi connectivity index (χ1v) is 17.6. The lowest BCUT2D eigenvalue weighted by molar-refractivity contribution is 0.0242. The monoisotopic (exact) mass is 645 g/mol. The van der Waals surface area contributed by atoms with Crippen molar-refractivity contribution in [2.75, 3.05) is 19.7 Å². The topological polar surface area (TPSA) is 140 Å². The molecule has 5 heterocycles. The highest BCUT2D eigenvalue weighted by molar-refractivity contribution is 6.74. The van der Waals surface area contributed by atoms with E-state index in [9.17, 15) is 19.4 Å². The molecule has 5 rings (SSSR count). The number of rotatable bonds is 8. The number of ether oxygens (including phenoxy) is 1. The van der Waals surface area contributed by atoms with Gasteiger partial charge in [0.1, 0.15) is 22.8 Å². The van der Waals surface area contributed by atoms with Crippen LogP contribution >= 0.6 is 11.6 Å². The molecule has 44 heavy (non-hydrogen) atoms. The van der Waals surface area contributed by atoms with Gasteiger partial charge in [0.15, 0.2) is 14.4 Å². The predicted molar refractivity (Wildman–Crippen MR) is 164 cm³/mol. The molecule has 2 N–H and O–H groups in total. The highest BCUT2D eigenvalue weighted by atomic mass is 35.5. The Hall–Kier alpha value is -3.59. The third-order valence-corrected chi connectivity index (χ3v) is 13.4. The van der Waals surface area contributed by atoms with Crippen LogP contribution in [0.2, 0.25) is 23.2 Å². The summed E-state index contributed by atoms with van der Waals surface area (Å²) in [7, 11) is -2.18. The van der Waals surface area contributed by atoms with Crippen LogP contribution in [0.4, 0.5) is 9.18 Å². The molecule has 1 unspecified atom stereocenters. The van der Waals surface area contributed by atoms with Crippen molar-refractivity contribution in [3.05, 3.63) is 59.0 Å². The summed E-state index contributed by atoms with van der Waals surface area (Å²) in [6.45, 7) is 13.0. The number of carboxylic acid groups (broad SMARTS) is 1. The van der Waals surface area contributed by atoms with E-state index < -0.39 is 38.5 Å². The number of carbonyl (C=O) groups is 1. The molecule has 1 saturated heterocycles. The lowest BCUT2D eigenvalue weighted by Gasteiger charge is -2.37. The number of piperidine rings is 1. The number of fused-ring (bicyclic) bond motifs is 1. The second kappa shape index (κ2) is 12.1. The number of β-amino-alcohol motifs (C(OH)–C–C–N with tert-alkyl or cyclic N) is 1. The molecule has 1 fully saturated rings. The molecule has 1 amide bonds. The number of pyridine rings is 2. The summed E-state index contributed by atoms with van der Waals surface area (Å²) in [4.78, 5) is 16.9. The first-order valence-electron chi connectivity index (χ1n) is 14.3. The third kappa shape index (κ3) is 6.29. The van der Waals surface area contributed by atoms with Crippen LogP contribution in [0.1, 0.15) is 50.7 Å². The summed E-state index contributed by atoms with van der Waals surface area (Å²) in [5.41, 5.74) is 2.86. The summed E-state index contributed by atoms with van der Waals surface area (Å²) in [6, 6.07) is 4.26. The summed E-state index contributed by atoms with van der Waals surface area (Å²) in [6.07, 6.45) is 2.11. The van der Waals surface area contributed by atoms with Crippen LogP contribution in [0, 0.1) is 12.7 Å². The van der Waals surface area contributed by atoms with Gasteiger partial charge in [-0.15, -0.1) is 5.10 Å². The number of halogens is 2. The Bertz CT molecular complexity index is 1660. The molecule has 1 aliphatic heterocycles. The summed E-state index contributed by atoms with van der Waals surface area (Å²) in [5, 5.41) is 33.5. The van der Waals surface area contributed by atoms with E-state index in [1.807, 2.05) is 6.92 Å². The highest BCUT2D eigenvalue weighted by Gasteiger charge is 2.38. The van der Waals surface area contributed by atoms with Crippen LogP contribution in [0.25, 0.3) is 16.8 Å². The Morgan fingerprint density at radius 1 is 1.27 bits per heavy atom. The minimum absolute atomic E-state index is 0.0138. The van der Waals surface area contributed by atoms with Crippen molar-refractivity contribution in [3.8, 4) is 17.0 Å². The van der Waals surface area contributed by atoms with Gasteiger partial charge >= 0.3 is 6.09 Å². The van der Waals surface area contributed by atoms with Gasteiger partial charge in [0.25, 0.3) is 0 Å². The van der Waals surface area contributed by atoms with Gasteiger partial charge in [-0.1, -0.05) is 37.6 Å². The molecule has 0 bridgehead atoms. The van der Waals surface area contributed by atoms with Crippen LogP contribution in [0.3, 0.4) is 0 Å². The number of hydrogen-bond acceptors (Lipinski definition) is 8. The number of aliphatic hydroxyl groups excluding tert-OH is 1. The summed E-state index contributed by atoms with van der Waals surface area (Å²) in [5.74, 6) is -0.0675. The Labute approximate surface area is 260 Å². The number of aliphatic hydroxyl groups is 1. The Kier molecular flexibility index (Phi) is 8.73. The zero-order chi connectivity index (χ0) is 32.0. The number of amides is 1. The van der Waals surface area contributed by atoms with E-state index >= 15 is 0 Å². The highest BCUT2D eigenvalue weighted by Crippen LogP contribution is 2.39. The first-order chi connectivity index (χ1) is 20.7. The lowest BCUT2D eigenvalue weighted by Crippen LogP contribution is -2.47. The van der Waals surface area contributed by atoms with Crippen molar-refractivity contribution in [2.24, 2.45) is 0 Å². The fraction of sp³-hybridized carbons (Fsp3) is 0.483. The molecular formula is C29H37ClFN7O5Si. The van der Waals surface area contributed by atoms with Crippen molar-refractivity contribution in [1.82, 2.24) is 34.5 Å². The quantitative estimate of drug-likeness (QED) is 0.237. The van der Waals surface area contributed by atoms with Gasteiger partial charge in [-0.2, -0.15) is 5.10 Å². The first kappa shape index (κ1) is 31.8. The van der Waals surface area contributed by atoms with Gasteiger partial charge in [-0.25, -0.2) is 18.4 Å². The largest absolute Gasteiger partial charge is 0.479 e. The van der Waals surface area contributed by atoms with Gasteiger partial charge in [-0.05, 0) is 49.7 Å². The number of likely N-dealkylation sites (tertiary alicyclic amines) is 1. The molecule has 12 nitrogen and oxygen atoms in total. The van der Waals surface area contributed by atoms with E-state index in [0.717, 1.165) is 6.20 Å². The molecular weight excluding hydrogens is 609 g/mol. The van der Waals surface area contributed by atoms with Crippen LogP contribution in [0.5, 0.6) is 5.75 Å². The van der Waals surface area contributed by atoms with Gasteiger partial charge in [0, 0.05) is 18.3 Å². The lowest BCUT2D eigenvalue weighted by atomic mass is 10.0. The molecule has 0 radical (unpaired) electrons. The molecule has 3 atom stereocenters. The third-order valence-electron chi connectivity index (χ3n) is 8.62.